The summed E-state index contributed by atoms with van der Waals surface area (Å²) in [7, 11) is 5.11. The molecule has 1 N–H and O–H groups in total. The third-order valence-electron chi connectivity index (χ3n) is 2.72. The van der Waals surface area contributed by atoms with Crippen molar-refractivity contribution in [2.75, 3.05) is 34.2 Å². The molecule has 1 rings (SSSR count). The van der Waals surface area contributed by atoms with Crippen molar-refractivity contribution in [3.8, 4) is 0 Å². The Balaban J connectivity index is 2.57. The Morgan fingerprint density at radius 3 is 2.67 bits per heavy atom. The van der Waals surface area contributed by atoms with Gasteiger partial charge in [0.25, 0.3) is 0 Å². The van der Waals surface area contributed by atoms with E-state index in [0.29, 0.717) is 6.54 Å². The quantitative estimate of drug-likeness (QED) is 0.673. The number of carbonyl (C=O) groups excluding carboxylic acids is 2. The van der Waals surface area contributed by atoms with Crippen molar-refractivity contribution in [3.63, 3.8) is 0 Å². The molecular formula is C10H19N3O2. The third-order valence-corrected chi connectivity index (χ3v) is 2.72. The van der Waals surface area contributed by atoms with Crippen LogP contribution in [0.3, 0.4) is 0 Å². The maximum atomic E-state index is 11.8. The summed E-state index contributed by atoms with van der Waals surface area (Å²) in [5.74, 6) is 0.0601. The lowest BCUT2D eigenvalue weighted by molar-refractivity contribution is -0.134. The van der Waals surface area contributed by atoms with Crippen molar-refractivity contribution in [2.45, 2.75) is 18.9 Å². The fourth-order valence-electron chi connectivity index (χ4n) is 1.86. The van der Waals surface area contributed by atoms with E-state index in [4.69, 9.17) is 0 Å². The van der Waals surface area contributed by atoms with Crippen molar-refractivity contribution in [2.24, 2.45) is 0 Å². The lowest BCUT2D eigenvalue weighted by Crippen LogP contribution is -2.46. The molecule has 1 heterocycles. The standard InChI is InChI=1S/C10H19N3O2/c1-11-9(14)7-13-6-4-5-8(13)10(15)12(2)3/h8H,4-7H2,1-3H3,(H,11,14). The second kappa shape index (κ2) is 5.11. The van der Waals surface area contributed by atoms with Gasteiger partial charge in [0.05, 0.1) is 12.6 Å². The van der Waals surface area contributed by atoms with Crippen LogP contribution in [0.1, 0.15) is 12.8 Å². The molecule has 0 aliphatic carbocycles. The zero-order valence-electron chi connectivity index (χ0n) is 9.62. The van der Waals surface area contributed by atoms with Gasteiger partial charge in [0.15, 0.2) is 0 Å². The summed E-state index contributed by atoms with van der Waals surface area (Å²) in [5.41, 5.74) is 0. The van der Waals surface area contributed by atoms with Crippen LogP contribution in [0.2, 0.25) is 0 Å². The van der Waals surface area contributed by atoms with E-state index in [1.807, 2.05) is 4.90 Å². The molecule has 0 bridgehead atoms. The van der Waals surface area contributed by atoms with E-state index in [1.165, 1.54) is 0 Å². The molecule has 1 saturated heterocycles. The van der Waals surface area contributed by atoms with Crippen LogP contribution in [0.4, 0.5) is 0 Å². The Morgan fingerprint density at radius 1 is 1.47 bits per heavy atom. The van der Waals surface area contributed by atoms with Gasteiger partial charge >= 0.3 is 0 Å². The highest BCUT2D eigenvalue weighted by molar-refractivity contribution is 5.83. The molecule has 0 saturated carbocycles. The third kappa shape index (κ3) is 2.92. The number of carbonyl (C=O) groups is 2. The molecule has 2 amide bonds. The van der Waals surface area contributed by atoms with Crippen molar-refractivity contribution < 1.29 is 9.59 Å². The SMILES string of the molecule is CNC(=O)CN1CCCC1C(=O)N(C)C. The molecule has 1 aliphatic heterocycles. The first-order valence-corrected chi connectivity index (χ1v) is 5.22. The summed E-state index contributed by atoms with van der Waals surface area (Å²) in [5, 5.41) is 2.58. The summed E-state index contributed by atoms with van der Waals surface area (Å²) in [6.45, 7) is 1.15. The normalized spacial score (nSPS) is 21.4. The summed E-state index contributed by atoms with van der Waals surface area (Å²) < 4.78 is 0. The topological polar surface area (TPSA) is 52.7 Å². The zero-order chi connectivity index (χ0) is 11.4. The molecule has 0 radical (unpaired) electrons. The molecule has 1 aliphatic rings. The second-order valence-electron chi connectivity index (χ2n) is 4.03. The minimum Gasteiger partial charge on any atom is -0.358 e. The number of amides is 2. The molecule has 0 aromatic heterocycles. The van der Waals surface area contributed by atoms with Crippen LogP contribution in [-0.4, -0.2) is 61.9 Å². The summed E-state index contributed by atoms with van der Waals surface area (Å²) in [6.07, 6.45) is 1.84. The molecular weight excluding hydrogens is 194 g/mol. The monoisotopic (exact) mass is 213 g/mol. The average molecular weight is 213 g/mol. The highest BCUT2D eigenvalue weighted by Gasteiger charge is 2.32. The fraction of sp³-hybridized carbons (Fsp3) is 0.800. The van der Waals surface area contributed by atoms with Crippen LogP contribution in [0.25, 0.3) is 0 Å². The number of nitrogens with one attached hydrogen (secondary N) is 1. The van der Waals surface area contributed by atoms with Gasteiger partial charge in [-0.1, -0.05) is 0 Å². The molecule has 1 atom stereocenters. The van der Waals surface area contributed by atoms with Crippen LogP contribution in [-0.2, 0) is 9.59 Å². The molecule has 5 nitrogen and oxygen atoms in total. The number of nitrogens with zero attached hydrogens (tertiary/aromatic N) is 2. The van der Waals surface area contributed by atoms with Crippen molar-refractivity contribution in [3.05, 3.63) is 0 Å². The first-order chi connectivity index (χ1) is 7.06. The van der Waals surface area contributed by atoms with E-state index in [2.05, 4.69) is 5.32 Å². The Morgan fingerprint density at radius 2 is 2.13 bits per heavy atom. The van der Waals surface area contributed by atoms with Crippen molar-refractivity contribution in [1.82, 2.24) is 15.1 Å². The maximum absolute atomic E-state index is 11.8. The van der Waals surface area contributed by atoms with Gasteiger partial charge in [-0.05, 0) is 19.4 Å². The summed E-state index contributed by atoms with van der Waals surface area (Å²) in [4.78, 5) is 26.5. The van der Waals surface area contributed by atoms with Gasteiger partial charge in [0, 0.05) is 21.1 Å². The van der Waals surface area contributed by atoms with Crippen LogP contribution < -0.4 is 5.32 Å². The fourth-order valence-corrected chi connectivity index (χ4v) is 1.86. The van der Waals surface area contributed by atoms with Gasteiger partial charge in [-0.15, -0.1) is 0 Å². The maximum Gasteiger partial charge on any atom is 0.239 e. The molecule has 5 heteroatoms. The lowest BCUT2D eigenvalue weighted by atomic mass is 10.2. The first-order valence-electron chi connectivity index (χ1n) is 5.22. The molecule has 1 fully saturated rings. The van der Waals surface area contributed by atoms with Gasteiger partial charge in [-0.25, -0.2) is 0 Å². The summed E-state index contributed by atoms with van der Waals surface area (Å²) in [6, 6.07) is -0.114. The zero-order valence-corrected chi connectivity index (χ0v) is 9.62. The van der Waals surface area contributed by atoms with Gasteiger partial charge in [-0.2, -0.15) is 0 Å². The predicted molar refractivity (Wildman–Crippen MR) is 57.4 cm³/mol. The van der Waals surface area contributed by atoms with E-state index in [9.17, 15) is 9.59 Å². The Hall–Kier alpha value is -1.10. The number of likely N-dealkylation sites (N-methyl/N-ethyl adjacent to an activating group) is 2. The molecule has 15 heavy (non-hydrogen) atoms. The van der Waals surface area contributed by atoms with E-state index in [0.717, 1.165) is 19.4 Å². The average Bonchev–Trinajstić information content (AvgIpc) is 2.64. The highest BCUT2D eigenvalue weighted by Crippen LogP contribution is 2.17. The highest BCUT2D eigenvalue weighted by atomic mass is 16.2. The van der Waals surface area contributed by atoms with E-state index < -0.39 is 0 Å². The van der Waals surface area contributed by atoms with Gasteiger partial charge in [0.1, 0.15) is 0 Å². The molecule has 0 spiro atoms. The van der Waals surface area contributed by atoms with Crippen LogP contribution in [0.5, 0.6) is 0 Å². The molecule has 0 aromatic carbocycles. The lowest BCUT2D eigenvalue weighted by Gasteiger charge is -2.25. The first kappa shape index (κ1) is 12.0. The number of hydrogen-bond donors (Lipinski definition) is 1. The smallest absolute Gasteiger partial charge is 0.239 e. The Bertz CT molecular complexity index is 253. The van der Waals surface area contributed by atoms with Gasteiger partial charge in [-0.3, -0.25) is 14.5 Å². The summed E-state index contributed by atoms with van der Waals surface area (Å²) >= 11 is 0. The molecule has 0 aromatic rings. The van der Waals surface area contributed by atoms with Gasteiger partial charge < -0.3 is 10.2 Å². The largest absolute Gasteiger partial charge is 0.358 e. The Labute approximate surface area is 90.4 Å². The van der Waals surface area contributed by atoms with Crippen LogP contribution in [0, 0.1) is 0 Å². The van der Waals surface area contributed by atoms with E-state index in [1.54, 1.807) is 26.0 Å². The Kier molecular flexibility index (Phi) is 4.08. The van der Waals surface area contributed by atoms with Crippen molar-refractivity contribution >= 4 is 11.8 Å². The number of likely N-dealkylation sites (tertiary alicyclic amines) is 1. The van der Waals surface area contributed by atoms with Gasteiger partial charge in [0.2, 0.25) is 11.8 Å². The predicted octanol–water partition coefficient (Wildman–Crippen LogP) is -0.715. The molecule has 1 unspecified atom stereocenters. The van der Waals surface area contributed by atoms with Crippen molar-refractivity contribution in [1.29, 1.82) is 0 Å². The minimum absolute atomic E-state index is 0.0338. The molecule has 86 valence electrons. The number of hydrogen-bond acceptors (Lipinski definition) is 3. The van der Waals surface area contributed by atoms with E-state index in [-0.39, 0.29) is 17.9 Å². The van der Waals surface area contributed by atoms with Crippen LogP contribution >= 0.6 is 0 Å². The van der Waals surface area contributed by atoms with Crippen LogP contribution in [0.15, 0.2) is 0 Å². The minimum atomic E-state index is -0.114. The second-order valence-corrected chi connectivity index (χ2v) is 4.03. The number of rotatable bonds is 3. The van der Waals surface area contributed by atoms with E-state index >= 15 is 0 Å².